The lowest BCUT2D eigenvalue weighted by Crippen LogP contribution is -2.27. The molecule has 0 atom stereocenters. The van der Waals surface area contributed by atoms with Crippen molar-refractivity contribution in [2.75, 3.05) is 25.7 Å². The molecule has 1 aromatic carbocycles. The number of carbonyl (C=O) groups excluding carboxylic acids is 1. The quantitative estimate of drug-likeness (QED) is 0.642. The number of benzene rings is 1. The Kier molecular flexibility index (Phi) is 6.76. The summed E-state index contributed by atoms with van der Waals surface area (Å²) in [6.45, 7) is 7.17. The first-order valence-corrected chi connectivity index (χ1v) is 8.72. The fourth-order valence-corrected chi connectivity index (χ4v) is 2.85. The molecule has 1 N–H and O–H groups in total. The lowest BCUT2D eigenvalue weighted by atomic mass is 10.2. The van der Waals surface area contributed by atoms with Crippen LogP contribution in [0.2, 0.25) is 0 Å². The van der Waals surface area contributed by atoms with Gasteiger partial charge in [-0.3, -0.25) is 4.79 Å². The van der Waals surface area contributed by atoms with Gasteiger partial charge in [0.1, 0.15) is 5.75 Å². The van der Waals surface area contributed by atoms with E-state index >= 15 is 0 Å². The van der Waals surface area contributed by atoms with Crippen LogP contribution >= 0.6 is 23.5 Å². The number of hydrogen-bond acceptors (Lipinski definition) is 4. The van der Waals surface area contributed by atoms with Crippen molar-refractivity contribution >= 4 is 29.4 Å². The summed E-state index contributed by atoms with van der Waals surface area (Å²) in [5, 5.41) is 2.94. The standard InChI is InChI=1S/C15H23NO2S2/c1-15(2,3)20-9-8-16-14(17)12-7-6-11(19-5)10-13(12)18-4/h6-7,10H,8-9H2,1-5H3,(H,16,17). The van der Waals surface area contributed by atoms with Crippen molar-refractivity contribution < 1.29 is 9.53 Å². The Morgan fingerprint density at radius 1 is 1.35 bits per heavy atom. The Morgan fingerprint density at radius 2 is 2.05 bits per heavy atom. The molecule has 1 rings (SSSR count). The first-order valence-electron chi connectivity index (χ1n) is 6.51. The lowest BCUT2D eigenvalue weighted by molar-refractivity contribution is 0.0953. The maximum atomic E-state index is 12.1. The zero-order valence-electron chi connectivity index (χ0n) is 12.8. The molecule has 0 spiro atoms. The van der Waals surface area contributed by atoms with Crippen LogP contribution in [0, 0.1) is 0 Å². The Balaban J connectivity index is 2.59. The van der Waals surface area contributed by atoms with E-state index in [1.165, 1.54) is 0 Å². The van der Waals surface area contributed by atoms with Crippen molar-refractivity contribution in [2.24, 2.45) is 0 Å². The second-order valence-electron chi connectivity index (χ2n) is 5.28. The SMILES string of the molecule is COc1cc(SC)ccc1C(=O)NCCSC(C)(C)C. The Morgan fingerprint density at radius 3 is 2.60 bits per heavy atom. The van der Waals surface area contributed by atoms with Gasteiger partial charge in [-0.2, -0.15) is 11.8 Å². The van der Waals surface area contributed by atoms with Gasteiger partial charge in [0.2, 0.25) is 0 Å². The fourth-order valence-electron chi connectivity index (χ4n) is 1.60. The molecule has 1 amide bonds. The van der Waals surface area contributed by atoms with E-state index in [1.54, 1.807) is 18.9 Å². The van der Waals surface area contributed by atoms with E-state index in [0.29, 0.717) is 17.9 Å². The van der Waals surface area contributed by atoms with Crippen LogP contribution in [0.4, 0.5) is 0 Å². The third-order valence-electron chi connectivity index (χ3n) is 2.58. The normalized spacial score (nSPS) is 11.2. The van der Waals surface area contributed by atoms with Crippen molar-refractivity contribution in [3.63, 3.8) is 0 Å². The highest BCUT2D eigenvalue weighted by molar-refractivity contribution is 8.00. The monoisotopic (exact) mass is 313 g/mol. The van der Waals surface area contributed by atoms with Crippen molar-refractivity contribution in [3.8, 4) is 5.75 Å². The lowest BCUT2D eigenvalue weighted by Gasteiger charge is -2.17. The summed E-state index contributed by atoms with van der Waals surface area (Å²) in [4.78, 5) is 13.2. The average molecular weight is 313 g/mol. The molecule has 0 unspecified atom stereocenters. The minimum atomic E-state index is -0.0796. The molecule has 112 valence electrons. The number of ether oxygens (including phenoxy) is 1. The van der Waals surface area contributed by atoms with Gasteiger partial charge in [-0.05, 0) is 24.5 Å². The summed E-state index contributed by atoms with van der Waals surface area (Å²) >= 11 is 3.47. The van der Waals surface area contributed by atoms with E-state index in [2.05, 4.69) is 26.1 Å². The highest BCUT2D eigenvalue weighted by Crippen LogP contribution is 2.25. The van der Waals surface area contributed by atoms with Crippen molar-refractivity contribution in [1.82, 2.24) is 5.32 Å². The van der Waals surface area contributed by atoms with Gasteiger partial charge in [0, 0.05) is 21.9 Å². The van der Waals surface area contributed by atoms with Crippen LogP contribution in [0.3, 0.4) is 0 Å². The van der Waals surface area contributed by atoms with Gasteiger partial charge in [-0.25, -0.2) is 0 Å². The highest BCUT2D eigenvalue weighted by atomic mass is 32.2. The Labute approximate surface area is 130 Å². The summed E-state index contributed by atoms with van der Waals surface area (Å²) in [5.74, 6) is 1.45. The summed E-state index contributed by atoms with van der Waals surface area (Å²) in [5.41, 5.74) is 0.589. The maximum absolute atomic E-state index is 12.1. The molecule has 0 heterocycles. The van der Waals surface area contributed by atoms with Crippen molar-refractivity contribution in [3.05, 3.63) is 23.8 Å². The number of amides is 1. The number of hydrogen-bond donors (Lipinski definition) is 1. The summed E-state index contributed by atoms with van der Waals surface area (Å²) in [6, 6.07) is 5.65. The second kappa shape index (κ2) is 7.84. The molecule has 5 heteroatoms. The van der Waals surface area contributed by atoms with Crippen LogP contribution in [0.15, 0.2) is 23.1 Å². The fraction of sp³-hybridized carbons (Fsp3) is 0.533. The largest absolute Gasteiger partial charge is 0.496 e. The second-order valence-corrected chi connectivity index (χ2v) is 8.08. The summed E-state index contributed by atoms with van der Waals surface area (Å²) < 4.78 is 5.51. The first kappa shape index (κ1) is 17.2. The molecule has 0 saturated carbocycles. The third kappa shape index (κ3) is 5.67. The van der Waals surface area contributed by atoms with E-state index in [4.69, 9.17) is 4.74 Å². The molecule has 0 saturated heterocycles. The van der Waals surface area contributed by atoms with Crippen LogP contribution in [0.25, 0.3) is 0 Å². The molecular weight excluding hydrogens is 290 g/mol. The van der Waals surface area contributed by atoms with Crippen LogP contribution in [-0.2, 0) is 0 Å². The third-order valence-corrected chi connectivity index (χ3v) is 4.58. The number of methoxy groups -OCH3 is 1. The molecule has 1 aromatic rings. The Hall–Kier alpha value is -0.810. The molecule has 0 aliphatic heterocycles. The van der Waals surface area contributed by atoms with Gasteiger partial charge in [0.25, 0.3) is 5.91 Å². The predicted octanol–water partition coefficient (Wildman–Crippen LogP) is 3.68. The number of nitrogens with one attached hydrogen (secondary N) is 1. The zero-order valence-corrected chi connectivity index (χ0v) is 14.4. The van der Waals surface area contributed by atoms with E-state index in [0.717, 1.165) is 10.6 Å². The number of rotatable bonds is 6. The first-order chi connectivity index (χ1) is 9.37. The summed E-state index contributed by atoms with van der Waals surface area (Å²) in [6.07, 6.45) is 2.00. The van der Waals surface area contributed by atoms with Crippen LogP contribution in [-0.4, -0.2) is 36.3 Å². The zero-order chi connectivity index (χ0) is 15.2. The van der Waals surface area contributed by atoms with Crippen LogP contribution < -0.4 is 10.1 Å². The molecule has 0 fully saturated rings. The Bertz CT molecular complexity index is 456. The molecule has 0 radical (unpaired) electrons. The molecule has 20 heavy (non-hydrogen) atoms. The molecule has 0 aromatic heterocycles. The van der Waals surface area contributed by atoms with E-state index < -0.39 is 0 Å². The number of thioether (sulfide) groups is 2. The van der Waals surface area contributed by atoms with Gasteiger partial charge in [-0.15, -0.1) is 11.8 Å². The van der Waals surface area contributed by atoms with Crippen LogP contribution in [0.5, 0.6) is 5.75 Å². The summed E-state index contributed by atoms with van der Waals surface area (Å²) in [7, 11) is 1.59. The maximum Gasteiger partial charge on any atom is 0.255 e. The molecular formula is C15H23NO2S2. The predicted molar refractivity (Wildman–Crippen MR) is 89.3 cm³/mol. The van der Waals surface area contributed by atoms with E-state index in [-0.39, 0.29) is 10.7 Å². The van der Waals surface area contributed by atoms with Gasteiger partial charge in [0.15, 0.2) is 0 Å². The van der Waals surface area contributed by atoms with Crippen LogP contribution in [0.1, 0.15) is 31.1 Å². The highest BCUT2D eigenvalue weighted by Gasteiger charge is 2.13. The molecule has 0 aliphatic rings. The van der Waals surface area contributed by atoms with Crippen molar-refractivity contribution in [2.45, 2.75) is 30.4 Å². The van der Waals surface area contributed by atoms with E-state index in [9.17, 15) is 4.79 Å². The number of carbonyl (C=O) groups is 1. The topological polar surface area (TPSA) is 38.3 Å². The van der Waals surface area contributed by atoms with Gasteiger partial charge in [-0.1, -0.05) is 20.8 Å². The minimum absolute atomic E-state index is 0.0796. The van der Waals surface area contributed by atoms with E-state index in [1.807, 2.05) is 36.2 Å². The average Bonchev–Trinajstić information content (AvgIpc) is 2.41. The minimum Gasteiger partial charge on any atom is -0.496 e. The molecule has 3 nitrogen and oxygen atoms in total. The smallest absolute Gasteiger partial charge is 0.255 e. The van der Waals surface area contributed by atoms with Gasteiger partial charge < -0.3 is 10.1 Å². The van der Waals surface area contributed by atoms with Gasteiger partial charge >= 0.3 is 0 Å². The molecule has 0 aliphatic carbocycles. The molecule has 0 bridgehead atoms. The van der Waals surface area contributed by atoms with Crippen molar-refractivity contribution in [1.29, 1.82) is 0 Å². The van der Waals surface area contributed by atoms with Gasteiger partial charge in [0.05, 0.1) is 12.7 Å².